The third-order valence-electron chi connectivity index (χ3n) is 5.15. The van der Waals surface area contributed by atoms with E-state index in [0.717, 1.165) is 33.4 Å². The molecular formula is C26H31O3P. The van der Waals surface area contributed by atoms with Crippen LogP contribution in [0.2, 0.25) is 0 Å². The Morgan fingerprint density at radius 3 is 1.53 bits per heavy atom. The topological polar surface area (TPSA) is 49.7 Å². The molecule has 0 saturated carbocycles. The van der Waals surface area contributed by atoms with E-state index < -0.39 is 8.60 Å². The highest BCUT2D eigenvalue weighted by Crippen LogP contribution is 2.51. The normalized spacial score (nSPS) is 12.3. The van der Waals surface area contributed by atoms with Crippen LogP contribution in [0.25, 0.3) is 22.3 Å². The third kappa shape index (κ3) is 4.75. The zero-order chi connectivity index (χ0) is 22.1. The Bertz CT molecular complexity index is 998. The van der Waals surface area contributed by atoms with Crippen LogP contribution in [-0.4, -0.2) is 9.79 Å². The van der Waals surface area contributed by atoms with Crippen LogP contribution in [0.4, 0.5) is 0 Å². The summed E-state index contributed by atoms with van der Waals surface area (Å²) in [5.74, 6) is 0.530. The van der Waals surface area contributed by atoms with Crippen LogP contribution in [0.15, 0.2) is 66.7 Å². The summed E-state index contributed by atoms with van der Waals surface area (Å²) in [6.45, 7) is 12.9. The van der Waals surface area contributed by atoms with Gasteiger partial charge in [0.2, 0.25) is 0 Å². The van der Waals surface area contributed by atoms with Crippen LogP contribution in [0.5, 0.6) is 5.75 Å². The molecule has 0 bridgehead atoms. The van der Waals surface area contributed by atoms with Gasteiger partial charge < -0.3 is 14.3 Å². The predicted molar refractivity (Wildman–Crippen MR) is 127 cm³/mol. The van der Waals surface area contributed by atoms with Crippen molar-refractivity contribution < 1.29 is 14.3 Å². The maximum absolute atomic E-state index is 9.74. The van der Waals surface area contributed by atoms with E-state index in [-0.39, 0.29) is 10.8 Å². The zero-order valence-electron chi connectivity index (χ0n) is 18.6. The highest BCUT2D eigenvalue weighted by Gasteiger charge is 2.32. The van der Waals surface area contributed by atoms with Crippen molar-refractivity contribution in [1.29, 1.82) is 0 Å². The van der Waals surface area contributed by atoms with Crippen molar-refractivity contribution in [2.75, 3.05) is 0 Å². The van der Waals surface area contributed by atoms with E-state index in [1.807, 2.05) is 30.3 Å². The van der Waals surface area contributed by atoms with Crippen LogP contribution in [0.3, 0.4) is 0 Å². The van der Waals surface area contributed by atoms with E-state index in [4.69, 9.17) is 4.52 Å². The SMILES string of the molecule is CC(C)(C)c1cc(OP(O)O)c(C(C)(C)C)c(-c2ccccc2)c1-c1ccccc1. The fourth-order valence-electron chi connectivity index (χ4n) is 3.95. The first kappa shape index (κ1) is 22.5. The molecule has 4 heteroatoms. The average molecular weight is 423 g/mol. The van der Waals surface area contributed by atoms with Gasteiger partial charge in [0.25, 0.3) is 0 Å². The van der Waals surface area contributed by atoms with Gasteiger partial charge in [-0.1, -0.05) is 102 Å². The molecule has 0 aliphatic carbocycles. The zero-order valence-corrected chi connectivity index (χ0v) is 19.5. The van der Waals surface area contributed by atoms with Gasteiger partial charge in [-0.3, -0.25) is 0 Å². The summed E-state index contributed by atoms with van der Waals surface area (Å²) in [4.78, 5) is 19.5. The minimum atomic E-state index is -2.53. The smallest absolute Gasteiger partial charge is 0.391 e. The van der Waals surface area contributed by atoms with Crippen molar-refractivity contribution in [1.82, 2.24) is 0 Å². The van der Waals surface area contributed by atoms with Crippen molar-refractivity contribution in [3.8, 4) is 28.0 Å². The first-order valence-corrected chi connectivity index (χ1v) is 11.4. The van der Waals surface area contributed by atoms with Crippen molar-refractivity contribution in [2.24, 2.45) is 0 Å². The fourth-order valence-corrected chi connectivity index (χ4v) is 4.27. The standard InChI is InChI=1S/C26H31O3P/c1-25(2,3)20-17-21(29-30(27)28)24(26(4,5)6)23(19-15-11-8-12-16-19)22(20)18-13-9-7-10-14-18/h7-17,27-28H,1-6H3. The van der Waals surface area contributed by atoms with E-state index in [0.29, 0.717) is 5.75 Å². The molecule has 3 rings (SSSR count). The van der Waals surface area contributed by atoms with Gasteiger partial charge in [0.1, 0.15) is 5.75 Å². The first-order chi connectivity index (χ1) is 14.0. The van der Waals surface area contributed by atoms with E-state index >= 15 is 0 Å². The Hall–Kier alpha value is -2.19. The fraction of sp³-hybridized carbons (Fsp3) is 0.308. The van der Waals surface area contributed by atoms with Crippen LogP contribution in [-0.2, 0) is 10.8 Å². The summed E-state index contributed by atoms with van der Waals surface area (Å²) in [7, 11) is -2.53. The minimum absolute atomic E-state index is 0.184. The Kier molecular flexibility index (Phi) is 6.38. The van der Waals surface area contributed by atoms with Gasteiger partial charge in [-0.05, 0) is 44.7 Å². The lowest BCUT2D eigenvalue weighted by molar-refractivity contribution is 0.369. The molecule has 0 amide bonds. The van der Waals surface area contributed by atoms with E-state index in [2.05, 4.69) is 77.9 Å². The number of benzene rings is 3. The molecule has 0 saturated heterocycles. The van der Waals surface area contributed by atoms with Gasteiger partial charge >= 0.3 is 8.60 Å². The van der Waals surface area contributed by atoms with E-state index in [1.54, 1.807) is 0 Å². The average Bonchev–Trinajstić information content (AvgIpc) is 2.66. The molecule has 3 aromatic carbocycles. The summed E-state index contributed by atoms with van der Waals surface area (Å²) < 4.78 is 5.64. The van der Waals surface area contributed by atoms with Crippen molar-refractivity contribution >= 4 is 8.60 Å². The second-order valence-corrected chi connectivity index (χ2v) is 10.3. The Balaban J connectivity index is 2.57. The molecule has 2 N–H and O–H groups in total. The largest absolute Gasteiger partial charge is 0.427 e. The van der Waals surface area contributed by atoms with E-state index in [1.165, 1.54) is 0 Å². The summed E-state index contributed by atoms with van der Waals surface area (Å²) in [5, 5.41) is 0. The summed E-state index contributed by atoms with van der Waals surface area (Å²) >= 11 is 0. The number of hydrogen-bond donors (Lipinski definition) is 2. The molecule has 158 valence electrons. The lowest BCUT2D eigenvalue weighted by atomic mass is 9.72. The molecule has 0 aromatic heterocycles. The van der Waals surface area contributed by atoms with Crippen molar-refractivity contribution in [3.05, 3.63) is 77.9 Å². The van der Waals surface area contributed by atoms with Gasteiger partial charge in [-0.15, -0.1) is 0 Å². The Morgan fingerprint density at radius 1 is 0.667 bits per heavy atom. The number of hydrogen-bond acceptors (Lipinski definition) is 3. The summed E-state index contributed by atoms with van der Waals surface area (Å²) in [5.41, 5.74) is 6.05. The second-order valence-electron chi connectivity index (χ2n) is 9.62. The summed E-state index contributed by atoms with van der Waals surface area (Å²) in [6, 6.07) is 22.7. The molecule has 30 heavy (non-hydrogen) atoms. The quantitative estimate of drug-likeness (QED) is 0.437. The summed E-state index contributed by atoms with van der Waals surface area (Å²) in [6.07, 6.45) is 0. The molecule has 0 unspecified atom stereocenters. The van der Waals surface area contributed by atoms with Crippen LogP contribution >= 0.6 is 8.60 Å². The first-order valence-electron chi connectivity index (χ1n) is 10.2. The molecule has 3 aromatic rings. The highest BCUT2D eigenvalue weighted by molar-refractivity contribution is 7.39. The molecule has 0 fully saturated rings. The monoisotopic (exact) mass is 422 g/mol. The lowest BCUT2D eigenvalue weighted by Gasteiger charge is -2.33. The molecular weight excluding hydrogens is 391 g/mol. The highest BCUT2D eigenvalue weighted by atomic mass is 31.2. The molecule has 0 atom stereocenters. The van der Waals surface area contributed by atoms with Crippen molar-refractivity contribution in [3.63, 3.8) is 0 Å². The number of rotatable bonds is 4. The Morgan fingerprint density at radius 2 is 1.13 bits per heavy atom. The minimum Gasteiger partial charge on any atom is -0.427 e. The molecule has 0 spiro atoms. The maximum Gasteiger partial charge on any atom is 0.391 e. The Labute approximate surface area is 181 Å². The van der Waals surface area contributed by atoms with E-state index in [9.17, 15) is 9.79 Å². The van der Waals surface area contributed by atoms with Gasteiger partial charge in [0, 0.05) is 5.56 Å². The van der Waals surface area contributed by atoms with Crippen LogP contribution in [0.1, 0.15) is 52.7 Å². The lowest BCUT2D eigenvalue weighted by Crippen LogP contribution is -2.20. The maximum atomic E-state index is 9.74. The molecule has 0 aliphatic rings. The predicted octanol–water partition coefficient (Wildman–Crippen LogP) is 7.21. The third-order valence-corrected chi connectivity index (χ3v) is 5.51. The van der Waals surface area contributed by atoms with Crippen LogP contribution < -0.4 is 4.52 Å². The van der Waals surface area contributed by atoms with Crippen molar-refractivity contribution in [2.45, 2.75) is 52.4 Å². The van der Waals surface area contributed by atoms with Gasteiger partial charge in [0.05, 0.1) is 0 Å². The second kappa shape index (κ2) is 8.51. The van der Waals surface area contributed by atoms with Gasteiger partial charge in [-0.2, -0.15) is 0 Å². The molecule has 0 aliphatic heterocycles. The molecule has 0 heterocycles. The van der Waals surface area contributed by atoms with Crippen LogP contribution in [0, 0.1) is 0 Å². The van der Waals surface area contributed by atoms with Gasteiger partial charge in [-0.25, -0.2) is 0 Å². The van der Waals surface area contributed by atoms with Gasteiger partial charge in [0.15, 0.2) is 0 Å². The molecule has 3 nitrogen and oxygen atoms in total. The molecule has 0 radical (unpaired) electrons.